The third kappa shape index (κ3) is 10.3. The van der Waals surface area contributed by atoms with Crippen LogP contribution in [0.25, 0.3) is 0 Å². The van der Waals surface area contributed by atoms with Crippen molar-refractivity contribution in [3.63, 3.8) is 0 Å². The molecule has 1 aliphatic carbocycles. The van der Waals surface area contributed by atoms with Gasteiger partial charge < -0.3 is 25.1 Å². The highest BCUT2D eigenvalue weighted by Gasteiger charge is 2.46. The van der Waals surface area contributed by atoms with E-state index in [1.165, 1.54) is 43.0 Å². The van der Waals surface area contributed by atoms with E-state index >= 15 is 0 Å². The zero-order valence-electron chi connectivity index (χ0n) is 21.3. The lowest BCUT2D eigenvalue weighted by Gasteiger charge is -2.07. The molecule has 2 amide bonds. The Morgan fingerprint density at radius 2 is 1.75 bits per heavy atom. The second-order valence-electron chi connectivity index (χ2n) is 8.79. The Hall–Kier alpha value is -3.72. The lowest BCUT2D eigenvalue weighted by Crippen LogP contribution is -2.41. The summed E-state index contributed by atoms with van der Waals surface area (Å²) in [5.41, 5.74) is 1.71. The lowest BCUT2D eigenvalue weighted by molar-refractivity contribution is -0.126. The Morgan fingerprint density at radius 1 is 1.06 bits per heavy atom. The molecule has 0 spiro atoms. The van der Waals surface area contributed by atoms with Crippen molar-refractivity contribution in [2.24, 2.45) is 0 Å². The van der Waals surface area contributed by atoms with Crippen LogP contribution in [0.4, 0.5) is 0 Å². The fraction of sp³-hybridized carbons (Fsp3) is 0.407. The Balaban J connectivity index is 0.000000247. The first-order chi connectivity index (χ1) is 17.1. The van der Waals surface area contributed by atoms with Gasteiger partial charge >= 0.3 is 0 Å². The molecule has 2 heterocycles. The number of aromatic nitrogens is 1. The van der Waals surface area contributed by atoms with Crippen LogP contribution in [0.3, 0.4) is 0 Å². The lowest BCUT2D eigenvalue weighted by atomic mass is 10.1. The van der Waals surface area contributed by atoms with Crippen LogP contribution in [-0.4, -0.2) is 55.0 Å². The van der Waals surface area contributed by atoms with E-state index in [1.807, 2.05) is 24.3 Å². The van der Waals surface area contributed by atoms with Gasteiger partial charge in [0.25, 0.3) is 5.91 Å². The number of pyridine rings is 1. The number of epoxide rings is 1. The summed E-state index contributed by atoms with van der Waals surface area (Å²) in [5.74, 6) is -0.374. The number of methoxy groups -OCH3 is 1. The fourth-order valence-electron chi connectivity index (χ4n) is 3.04. The van der Waals surface area contributed by atoms with E-state index in [4.69, 9.17) is 9.47 Å². The molecule has 1 aromatic carbocycles. The number of benzene rings is 1. The van der Waals surface area contributed by atoms with Gasteiger partial charge in [0.1, 0.15) is 17.0 Å². The second kappa shape index (κ2) is 14.0. The maximum atomic E-state index is 11.7. The summed E-state index contributed by atoms with van der Waals surface area (Å²) in [6.07, 6.45) is 6.39. The van der Waals surface area contributed by atoms with Crippen LogP contribution < -0.4 is 20.9 Å². The molecule has 1 saturated heterocycles. The first-order valence-corrected chi connectivity index (χ1v) is 11.8. The number of ketones is 1. The van der Waals surface area contributed by atoms with Crippen molar-refractivity contribution in [1.29, 1.82) is 0 Å². The van der Waals surface area contributed by atoms with E-state index in [0.717, 1.165) is 5.75 Å². The van der Waals surface area contributed by atoms with E-state index in [1.54, 1.807) is 19.6 Å². The monoisotopic (exact) mass is 497 g/mol. The van der Waals surface area contributed by atoms with Crippen LogP contribution in [0, 0.1) is 6.92 Å². The van der Waals surface area contributed by atoms with Crippen molar-refractivity contribution in [1.82, 2.24) is 15.6 Å². The van der Waals surface area contributed by atoms with Gasteiger partial charge in [0.15, 0.2) is 5.78 Å². The highest BCUT2D eigenvalue weighted by Crippen LogP contribution is 2.26. The van der Waals surface area contributed by atoms with Gasteiger partial charge in [0.05, 0.1) is 26.8 Å². The smallest absolute Gasteiger partial charge is 0.268 e. The largest absolute Gasteiger partial charge is 0.497 e. The zero-order valence-corrected chi connectivity index (χ0v) is 21.3. The van der Waals surface area contributed by atoms with E-state index in [2.05, 4.69) is 35.5 Å². The molecular weight excluding hydrogens is 462 g/mol. The Morgan fingerprint density at radius 3 is 2.25 bits per heavy atom. The number of aromatic amines is 1. The molecule has 1 atom stereocenters. The number of ether oxygens (including phenoxy) is 2. The van der Waals surface area contributed by atoms with E-state index < -0.39 is 23.0 Å². The first kappa shape index (κ1) is 28.5. The molecule has 2 aromatic rings. The number of H-pyrrole nitrogens is 1. The standard InChI is InChI=1S/C13H15N3O5.C8H10O.C6H10/c1-13(7-21-13)9(17)5-14-11(19)6-15-12(20)8-3-2-4-10(18)16-8;1-7-3-5-8(9-2)6-4-7;1-6-4-2-3-5-6/h2-4H,5-7H2,1H3,(H,14,19)(H,15,20)(H,16,18);3-6H,1-2H3;4H,2-3,5H2,1H3/t13-;;/m1../s1. The van der Waals surface area contributed by atoms with E-state index in [9.17, 15) is 19.2 Å². The van der Waals surface area contributed by atoms with Crippen molar-refractivity contribution in [3.8, 4) is 5.75 Å². The molecule has 4 rings (SSSR count). The first-order valence-electron chi connectivity index (χ1n) is 11.8. The van der Waals surface area contributed by atoms with Gasteiger partial charge in [-0.2, -0.15) is 0 Å². The van der Waals surface area contributed by atoms with Gasteiger partial charge in [-0.15, -0.1) is 0 Å². The van der Waals surface area contributed by atoms with Crippen molar-refractivity contribution in [2.45, 2.75) is 45.6 Å². The number of rotatable bonds is 7. The molecule has 0 saturated carbocycles. The van der Waals surface area contributed by atoms with Gasteiger partial charge in [-0.05, 0) is 58.2 Å². The van der Waals surface area contributed by atoms with Gasteiger partial charge in [0.2, 0.25) is 11.5 Å². The summed E-state index contributed by atoms with van der Waals surface area (Å²) < 4.78 is 9.92. The van der Waals surface area contributed by atoms with E-state index in [0.29, 0.717) is 6.61 Å². The van der Waals surface area contributed by atoms with Crippen LogP contribution in [-0.2, 0) is 14.3 Å². The van der Waals surface area contributed by atoms with Crippen LogP contribution in [0.15, 0.2) is 58.9 Å². The van der Waals surface area contributed by atoms with Crippen LogP contribution >= 0.6 is 0 Å². The topological polar surface area (TPSA) is 130 Å². The Kier molecular flexibility index (Phi) is 11.1. The molecule has 1 aliphatic heterocycles. The van der Waals surface area contributed by atoms with Crippen LogP contribution in [0.5, 0.6) is 5.75 Å². The summed E-state index contributed by atoms with van der Waals surface area (Å²) >= 11 is 0. The van der Waals surface area contributed by atoms with Crippen molar-refractivity contribution >= 4 is 17.6 Å². The number of allylic oxidation sites excluding steroid dienone is 2. The van der Waals surface area contributed by atoms with E-state index in [-0.39, 0.29) is 24.6 Å². The summed E-state index contributed by atoms with van der Waals surface area (Å²) in [7, 11) is 1.67. The highest BCUT2D eigenvalue weighted by molar-refractivity contribution is 5.96. The van der Waals surface area contributed by atoms with Gasteiger partial charge in [-0.1, -0.05) is 35.4 Å². The molecule has 0 bridgehead atoms. The fourth-order valence-corrected chi connectivity index (χ4v) is 3.04. The average Bonchev–Trinajstić information content (AvgIpc) is 3.45. The molecule has 194 valence electrons. The molecule has 2 aliphatic rings. The Bertz CT molecular complexity index is 1120. The Labute approximate surface area is 211 Å². The van der Waals surface area contributed by atoms with Crippen molar-refractivity contribution < 1.29 is 23.9 Å². The summed E-state index contributed by atoms with van der Waals surface area (Å²) in [5, 5.41) is 4.73. The third-order valence-electron chi connectivity index (χ3n) is 5.56. The number of nitrogens with one attached hydrogen (secondary N) is 3. The summed E-state index contributed by atoms with van der Waals surface area (Å²) in [6.45, 7) is 5.83. The number of carbonyl (C=O) groups excluding carboxylic acids is 3. The minimum absolute atomic E-state index is 0.0604. The third-order valence-corrected chi connectivity index (χ3v) is 5.56. The number of hydrogen-bond acceptors (Lipinski definition) is 6. The molecule has 0 unspecified atom stereocenters. The van der Waals surface area contributed by atoms with Crippen molar-refractivity contribution in [2.75, 3.05) is 26.8 Å². The van der Waals surface area contributed by atoms with Crippen molar-refractivity contribution in [3.05, 3.63) is 75.7 Å². The normalized spacial score (nSPS) is 17.3. The number of carbonyl (C=O) groups is 3. The minimum atomic E-state index is -0.778. The molecule has 36 heavy (non-hydrogen) atoms. The average molecular weight is 498 g/mol. The molecule has 3 N–H and O–H groups in total. The molecule has 9 nitrogen and oxygen atoms in total. The molecular formula is C27H35N3O6. The quantitative estimate of drug-likeness (QED) is 0.398. The number of hydrogen-bond donors (Lipinski definition) is 3. The molecule has 9 heteroatoms. The zero-order chi connectivity index (χ0) is 26.6. The van der Waals surface area contributed by atoms with Gasteiger partial charge in [0, 0.05) is 6.07 Å². The molecule has 1 aromatic heterocycles. The second-order valence-corrected chi connectivity index (χ2v) is 8.79. The minimum Gasteiger partial charge on any atom is -0.497 e. The molecule has 1 fully saturated rings. The maximum Gasteiger partial charge on any atom is 0.268 e. The summed E-state index contributed by atoms with van der Waals surface area (Å²) in [6, 6.07) is 12.1. The molecule has 0 radical (unpaired) electrons. The maximum absolute atomic E-state index is 11.7. The predicted molar refractivity (Wildman–Crippen MR) is 137 cm³/mol. The van der Waals surface area contributed by atoms with Gasteiger partial charge in [-0.25, -0.2) is 0 Å². The number of Topliss-reactive ketones (excluding diaryl/α,β-unsaturated/α-hetero) is 1. The summed E-state index contributed by atoms with van der Waals surface area (Å²) in [4.78, 5) is 48.1. The van der Waals surface area contributed by atoms with Crippen LogP contribution in [0.2, 0.25) is 0 Å². The number of amides is 2. The predicted octanol–water partition coefficient (Wildman–Crippen LogP) is 2.70. The highest BCUT2D eigenvalue weighted by atomic mass is 16.6. The number of aryl methyl sites for hydroxylation is 1. The van der Waals surface area contributed by atoms with Crippen LogP contribution in [0.1, 0.15) is 49.2 Å². The van der Waals surface area contributed by atoms with Gasteiger partial charge in [-0.3, -0.25) is 19.2 Å². The SMILES string of the molecule is CC1=CCCC1.COc1ccc(C)cc1.C[C@]1(C(=O)CNC(=O)CNC(=O)c2cccc(=O)[nH]2)CO1.